The number of nitrogens with zero attached hydrogens (tertiary/aromatic N) is 4. The summed E-state index contributed by atoms with van der Waals surface area (Å²) in [4.78, 5) is 35.5. The average Bonchev–Trinajstić information content (AvgIpc) is 3.44. The van der Waals surface area contributed by atoms with Gasteiger partial charge in [-0.3, -0.25) is 4.57 Å². The highest BCUT2D eigenvalue weighted by Crippen LogP contribution is 2.35. The smallest absolute Gasteiger partial charge is 0.348 e. The first-order valence-corrected chi connectivity index (χ1v) is 10.2. The fourth-order valence-corrected chi connectivity index (χ4v) is 3.80. The number of hydrogen-bond donors (Lipinski definition) is 4. The van der Waals surface area contributed by atoms with Gasteiger partial charge in [-0.05, 0) is 30.7 Å². The Kier molecular flexibility index (Phi) is 6.16. The topological polar surface area (TPSA) is 196 Å². The molecule has 0 radical (unpaired) electrons. The number of hydrogen-bond acceptors (Lipinski definition) is 10. The van der Waals surface area contributed by atoms with Crippen LogP contribution in [0.4, 0.5) is 10.2 Å². The summed E-state index contributed by atoms with van der Waals surface area (Å²) in [6.07, 6.45) is -6.20. The zero-order chi connectivity index (χ0) is 24.8. The highest BCUT2D eigenvalue weighted by Gasteiger charge is 2.52. The lowest BCUT2D eigenvalue weighted by Gasteiger charge is -2.26. The lowest BCUT2D eigenvalue weighted by molar-refractivity contribution is -0.190. The summed E-state index contributed by atoms with van der Waals surface area (Å²) in [6.45, 7) is 0.838. The standard InChI is InChI=1S/C19H19ClFN5O8/c1-7-2-3-8(33-7)4-19(16(28)29,17(30)31)32-5-9-12(27)10(21)15(34-9)26-6-23-11-13(22)24-18(20)25-14(11)26/h2-3,6,9-10,12,15,27H,4-5H2,1H3,(H,28,29)(H,30,31)(H2,22,24,25)/t9-,10+,12-,15-/m1/s1. The van der Waals surface area contributed by atoms with Crippen molar-refractivity contribution in [3.05, 3.63) is 35.3 Å². The molecule has 0 bridgehead atoms. The van der Waals surface area contributed by atoms with Crippen molar-refractivity contribution < 1.29 is 43.2 Å². The summed E-state index contributed by atoms with van der Waals surface area (Å²) < 4.78 is 32.2. The lowest BCUT2D eigenvalue weighted by atomic mass is 9.98. The van der Waals surface area contributed by atoms with Gasteiger partial charge in [0.1, 0.15) is 29.2 Å². The van der Waals surface area contributed by atoms with Crippen molar-refractivity contribution in [3.63, 3.8) is 0 Å². The summed E-state index contributed by atoms with van der Waals surface area (Å²) in [7, 11) is 0. The molecule has 15 heteroatoms. The molecule has 1 fully saturated rings. The largest absolute Gasteiger partial charge is 0.479 e. The zero-order valence-electron chi connectivity index (χ0n) is 17.5. The van der Waals surface area contributed by atoms with E-state index in [1.165, 1.54) is 12.1 Å². The number of fused-ring (bicyclic) bond motifs is 1. The Bertz CT molecular complexity index is 1230. The molecule has 4 rings (SSSR count). The Hall–Kier alpha value is -3.33. The summed E-state index contributed by atoms with van der Waals surface area (Å²) >= 11 is 5.81. The molecule has 3 aromatic heterocycles. The lowest BCUT2D eigenvalue weighted by Crippen LogP contribution is -2.52. The number of imidazole rings is 1. The molecule has 0 aliphatic carbocycles. The second-order valence-corrected chi connectivity index (χ2v) is 7.98. The van der Waals surface area contributed by atoms with E-state index in [1.807, 2.05) is 0 Å². The van der Waals surface area contributed by atoms with Crippen LogP contribution in [0.3, 0.4) is 0 Å². The van der Waals surface area contributed by atoms with Crippen molar-refractivity contribution in [1.29, 1.82) is 0 Å². The summed E-state index contributed by atoms with van der Waals surface area (Å²) in [5, 5.41) is 29.4. The molecule has 1 aliphatic heterocycles. The van der Waals surface area contributed by atoms with E-state index in [-0.39, 0.29) is 28.0 Å². The minimum Gasteiger partial charge on any atom is -0.479 e. The molecule has 13 nitrogen and oxygen atoms in total. The van der Waals surface area contributed by atoms with Gasteiger partial charge in [0.25, 0.3) is 5.60 Å². The van der Waals surface area contributed by atoms with Gasteiger partial charge >= 0.3 is 11.9 Å². The van der Waals surface area contributed by atoms with Gasteiger partial charge in [-0.25, -0.2) is 19.0 Å². The number of alkyl halides is 1. The number of carboxylic acids is 2. The Labute approximate surface area is 194 Å². The zero-order valence-corrected chi connectivity index (χ0v) is 18.2. The molecule has 3 aromatic rings. The number of carboxylic acid groups (broad SMARTS) is 2. The number of aromatic nitrogens is 4. The molecule has 0 saturated carbocycles. The van der Waals surface area contributed by atoms with Crippen LogP contribution >= 0.6 is 11.6 Å². The van der Waals surface area contributed by atoms with Crippen molar-refractivity contribution in [2.24, 2.45) is 0 Å². The van der Waals surface area contributed by atoms with Crippen LogP contribution in [0.25, 0.3) is 11.2 Å². The fraction of sp³-hybridized carbons (Fsp3) is 0.421. The van der Waals surface area contributed by atoms with E-state index in [1.54, 1.807) is 6.92 Å². The number of aliphatic hydroxyl groups is 1. The van der Waals surface area contributed by atoms with E-state index in [4.69, 9.17) is 31.2 Å². The Morgan fingerprint density at radius 3 is 2.65 bits per heavy atom. The summed E-state index contributed by atoms with van der Waals surface area (Å²) in [5.74, 6) is -3.18. The maximum atomic E-state index is 15.0. The minimum absolute atomic E-state index is 0.0394. The molecule has 34 heavy (non-hydrogen) atoms. The van der Waals surface area contributed by atoms with Crippen LogP contribution in [-0.2, 0) is 25.5 Å². The second kappa shape index (κ2) is 8.79. The summed E-state index contributed by atoms with van der Waals surface area (Å²) in [5.41, 5.74) is 3.13. The molecule has 4 heterocycles. The van der Waals surface area contributed by atoms with E-state index < -0.39 is 55.2 Å². The third kappa shape index (κ3) is 4.04. The molecule has 0 spiro atoms. The van der Waals surface area contributed by atoms with Crippen molar-refractivity contribution >= 4 is 40.5 Å². The number of halogens is 2. The quantitative estimate of drug-likeness (QED) is 0.251. The van der Waals surface area contributed by atoms with Crippen molar-refractivity contribution in [3.8, 4) is 0 Å². The van der Waals surface area contributed by atoms with Crippen LogP contribution in [0, 0.1) is 6.92 Å². The Morgan fingerprint density at radius 2 is 2.03 bits per heavy atom. The number of ether oxygens (including phenoxy) is 2. The molecule has 4 atom stereocenters. The highest BCUT2D eigenvalue weighted by molar-refractivity contribution is 6.28. The van der Waals surface area contributed by atoms with E-state index in [9.17, 15) is 29.3 Å². The first kappa shape index (κ1) is 23.8. The Balaban J connectivity index is 1.57. The molecule has 0 amide bonds. The number of rotatable bonds is 8. The van der Waals surface area contributed by atoms with Crippen molar-refractivity contribution in [1.82, 2.24) is 19.5 Å². The van der Waals surface area contributed by atoms with Gasteiger partial charge in [-0.1, -0.05) is 0 Å². The van der Waals surface area contributed by atoms with Crippen LogP contribution in [0.5, 0.6) is 0 Å². The Morgan fingerprint density at radius 1 is 1.32 bits per heavy atom. The maximum Gasteiger partial charge on any atom is 0.348 e. The minimum atomic E-state index is -2.77. The van der Waals surface area contributed by atoms with Crippen LogP contribution < -0.4 is 5.73 Å². The van der Waals surface area contributed by atoms with Gasteiger partial charge < -0.3 is 34.9 Å². The van der Waals surface area contributed by atoms with Gasteiger partial charge in [0.2, 0.25) is 5.28 Å². The maximum absolute atomic E-state index is 15.0. The molecule has 1 saturated heterocycles. The van der Waals surface area contributed by atoms with Crippen LogP contribution in [0.2, 0.25) is 5.28 Å². The van der Waals surface area contributed by atoms with E-state index in [0.29, 0.717) is 5.76 Å². The van der Waals surface area contributed by atoms with Crippen LogP contribution in [0.15, 0.2) is 22.9 Å². The number of nitrogen functional groups attached to an aromatic ring is 1. The monoisotopic (exact) mass is 499 g/mol. The van der Waals surface area contributed by atoms with E-state index >= 15 is 0 Å². The SMILES string of the molecule is Cc1ccc(CC(OC[C@H]2O[C@@H](n3cnc4c(N)nc(Cl)nc43)[C@@H](F)[C@@H]2O)(C(=O)O)C(=O)O)o1. The second-order valence-electron chi connectivity index (χ2n) is 7.64. The molecular weight excluding hydrogens is 481 g/mol. The van der Waals surface area contributed by atoms with Gasteiger partial charge in [0.05, 0.1) is 19.4 Å². The predicted molar refractivity (Wildman–Crippen MR) is 111 cm³/mol. The molecule has 1 aliphatic rings. The fourth-order valence-electron chi connectivity index (χ4n) is 3.63. The molecule has 5 N–H and O–H groups in total. The molecule has 182 valence electrons. The van der Waals surface area contributed by atoms with E-state index in [0.717, 1.165) is 10.9 Å². The normalized spacial score (nSPS) is 22.9. The van der Waals surface area contributed by atoms with Crippen molar-refractivity contribution in [2.75, 3.05) is 12.3 Å². The third-order valence-electron chi connectivity index (χ3n) is 5.39. The molecule has 0 unspecified atom stereocenters. The average molecular weight is 500 g/mol. The summed E-state index contributed by atoms with van der Waals surface area (Å²) in [6, 6.07) is 2.95. The first-order chi connectivity index (χ1) is 16.0. The number of aliphatic hydroxyl groups excluding tert-OH is 1. The van der Waals surface area contributed by atoms with Crippen LogP contribution in [-0.4, -0.2) is 77.4 Å². The predicted octanol–water partition coefficient (Wildman–Crippen LogP) is 0.727. The molecular formula is C19H19ClFN5O8. The van der Waals surface area contributed by atoms with Crippen LogP contribution in [0.1, 0.15) is 17.7 Å². The molecule has 0 aromatic carbocycles. The third-order valence-corrected chi connectivity index (χ3v) is 5.56. The van der Waals surface area contributed by atoms with Gasteiger partial charge in [-0.2, -0.15) is 9.97 Å². The van der Waals surface area contributed by atoms with Gasteiger partial charge in [0.15, 0.2) is 23.9 Å². The number of aliphatic carboxylic acids is 2. The number of anilines is 1. The van der Waals surface area contributed by atoms with E-state index in [2.05, 4.69) is 15.0 Å². The van der Waals surface area contributed by atoms with Gasteiger partial charge in [-0.15, -0.1) is 0 Å². The number of furan rings is 1. The number of aryl methyl sites for hydroxylation is 1. The number of carbonyl (C=O) groups is 2. The highest BCUT2D eigenvalue weighted by atomic mass is 35.5. The number of nitrogens with two attached hydrogens (primary N) is 1. The van der Waals surface area contributed by atoms with Gasteiger partial charge in [0, 0.05) is 0 Å². The first-order valence-electron chi connectivity index (χ1n) is 9.82. The van der Waals surface area contributed by atoms with Crippen molar-refractivity contribution in [2.45, 2.75) is 43.6 Å².